The van der Waals surface area contributed by atoms with Crippen molar-refractivity contribution >= 4 is 17.2 Å². The lowest BCUT2D eigenvalue weighted by atomic mass is 10.0. The van der Waals surface area contributed by atoms with Gasteiger partial charge in [-0.15, -0.1) is 11.3 Å². The van der Waals surface area contributed by atoms with Crippen molar-refractivity contribution in [2.24, 2.45) is 0 Å². The largest absolute Gasteiger partial charge is 0.379 e. The minimum absolute atomic E-state index is 0.0734. The van der Waals surface area contributed by atoms with Gasteiger partial charge in [-0.2, -0.15) is 0 Å². The molecule has 0 saturated carbocycles. The van der Waals surface area contributed by atoms with Gasteiger partial charge in [-0.05, 0) is 24.0 Å². The number of hydrogen-bond donors (Lipinski definition) is 1. The van der Waals surface area contributed by atoms with Crippen LogP contribution in [0.15, 0.2) is 60.0 Å². The number of benzene rings is 2. The Kier molecular flexibility index (Phi) is 8.21. The van der Waals surface area contributed by atoms with Gasteiger partial charge in [0.15, 0.2) is 0 Å². The highest BCUT2D eigenvalue weighted by atomic mass is 32.1. The van der Waals surface area contributed by atoms with E-state index in [0.29, 0.717) is 6.42 Å². The van der Waals surface area contributed by atoms with Crippen LogP contribution in [-0.4, -0.2) is 66.1 Å². The Morgan fingerprint density at radius 3 is 2.29 bits per heavy atom. The summed E-state index contributed by atoms with van der Waals surface area (Å²) < 4.78 is 5.43. The zero-order valence-electron chi connectivity index (χ0n) is 20.2. The normalized spacial score (nSPS) is 17.9. The van der Waals surface area contributed by atoms with Crippen LogP contribution in [0.4, 0.5) is 0 Å². The number of thiazole rings is 1. The second kappa shape index (κ2) is 11.9. The van der Waals surface area contributed by atoms with Crippen molar-refractivity contribution in [1.82, 2.24) is 20.1 Å². The molecular formula is C28H34N4O2S. The Morgan fingerprint density at radius 2 is 1.57 bits per heavy atom. The van der Waals surface area contributed by atoms with Crippen LogP contribution in [0.1, 0.15) is 29.7 Å². The predicted octanol–water partition coefficient (Wildman–Crippen LogP) is 3.97. The Bertz CT molecular complexity index is 1070. The number of carbonyl (C=O) groups excluding carboxylic acids is 1. The lowest BCUT2D eigenvalue weighted by Crippen LogP contribution is -2.44. The smallest absolute Gasteiger partial charge is 0.226 e. The number of ether oxygens (including phenoxy) is 1. The summed E-state index contributed by atoms with van der Waals surface area (Å²) in [7, 11) is 0. The van der Waals surface area contributed by atoms with E-state index in [0.717, 1.165) is 81.6 Å². The molecule has 2 fully saturated rings. The van der Waals surface area contributed by atoms with Crippen molar-refractivity contribution in [2.45, 2.75) is 38.4 Å². The number of carbonyl (C=O) groups is 1. The Labute approximate surface area is 211 Å². The van der Waals surface area contributed by atoms with E-state index in [1.165, 1.54) is 11.1 Å². The first-order chi connectivity index (χ1) is 17.2. The number of nitrogens with zero attached hydrogens (tertiary/aromatic N) is 3. The Hall–Kier alpha value is -2.58. The van der Waals surface area contributed by atoms with Crippen molar-refractivity contribution in [3.63, 3.8) is 0 Å². The van der Waals surface area contributed by atoms with Gasteiger partial charge in [0.05, 0.1) is 25.3 Å². The maximum Gasteiger partial charge on any atom is 0.226 e. The van der Waals surface area contributed by atoms with Crippen LogP contribution in [0.25, 0.3) is 10.6 Å². The second-order valence-corrected chi connectivity index (χ2v) is 10.4. The molecule has 7 heteroatoms. The summed E-state index contributed by atoms with van der Waals surface area (Å²) >= 11 is 1.61. The van der Waals surface area contributed by atoms with E-state index in [4.69, 9.17) is 9.72 Å². The van der Waals surface area contributed by atoms with Crippen molar-refractivity contribution in [1.29, 1.82) is 0 Å². The molecule has 1 N–H and O–H groups in total. The molecule has 0 aliphatic carbocycles. The molecule has 1 aromatic heterocycles. The third-order valence-corrected chi connectivity index (χ3v) is 7.75. The third-order valence-electron chi connectivity index (χ3n) is 6.81. The van der Waals surface area contributed by atoms with Gasteiger partial charge < -0.3 is 10.1 Å². The van der Waals surface area contributed by atoms with Gasteiger partial charge in [0.25, 0.3) is 0 Å². The molecular weight excluding hydrogens is 456 g/mol. The van der Waals surface area contributed by atoms with E-state index < -0.39 is 0 Å². The summed E-state index contributed by atoms with van der Waals surface area (Å²) in [5, 5.41) is 6.22. The molecule has 1 amide bonds. The Morgan fingerprint density at radius 1 is 0.914 bits per heavy atom. The van der Waals surface area contributed by atoms with Crippen molar-refractivity contribution in [2.75, 3.05) is 39.4 Å². The predicted molar refractivity (Wildman–Crippen MR) is 140 cm³/mol. The van der Waals surface area contributed by atoms with Crippen LogP contribution >= 0.6 is 11.3 Å². The van der Waals surface area contributed by atoms with Gasteiger partial charge in [-0.3, -0.25) is 14.6 Å². The van der Waals surface area contributed by atoms with E-state index in [1.54, 1.807) is 11.3 Å². The number of likely N-dealkylation sites (tertiary alicyclic amines) is 1. The Balaban J connectivity index is 1.07. The zero-order chi connectivity index (χ0) is 23.9. The van der Waals surface area contributed by atoms with Gasteiger partial charge in [-0.1, -0.05) is 54.6 Å². The molecule has 5 rings (SSSR count). The molecule has 35 heavy (non-hydrogen) atoms. The number of rotatable bonds is 8. The average molecular weight is 491 g/mol. The lowest BCUT2D eigenvalue weighted by Gasteiger charge is -2.32. The molecule has 2 aromatic carbocycles. The lowest BCUT2D eigenvalue weighted by molar-refractivity contribution is -0.121. The van der Waals surface area contributed by atoms with Crippen LogP contribution in [0.2, 0.25) is 0 Å². The first kappa shape index (κ1) is 24.1. The maximum atomic E-state index is 12.7. The number of aromatic nitrogens is 1. The molecule has 2 saturated heterocycles. The van der Waals surface area contributed by atoms with Crippen LogP contribution in [0.5, 0.6) is 0 Å². The van der Waals surface area contributed by atoms with Crippen LogP contribution in [0, 0.1) is 0 Å². The van der Waals surface area contributed by atoms with Crippen LogP contribution < -0.4 is 5.32 Å². The summed E-state index contributed by atoms with van der Waals surface area (Å²) in [4.78, 5) is 22.3. The van der Waals surface area contributed by atoms with E-state index in [-0.39, 0.29) is 11.9 Å². The first-order valence-corrected chi connectivity index (χ1v) is 13.5. The summed E-state index contributed by atoms with van der Waals surface area (Å²) in [6, 6.07) is 19.5. The average Bonchev–Trinajstić information content (AvgIpc) is 3.35. The van der Waals surface area contributed by atoms with Gasteiger partial charge in [0.1, 0.15) is 5.01 Å². The highest BCUT2D eigenvalue weighted by Crippen LogP contribution is 2.25. The maximum absolute atomic E-state index is 12.7. The van der Waals surface area contributed by atoms with Gasteiger partial charge in [-0.25, -0.2) is 4.98 Å². The van der Waals surface area contributed by atoms with Crippen molar-refractivity contribution < 1.29 is 9.53 Å². The van der Waals surface area contributed by atoms with Crippen LogP contribution in [-0.2, 0) is 29.0 Å². The highest BCUT2D eigenvalue weighted by molar-refractivity contribution is 7.13. The van der Waals surface area contributed by atoms with E-state index in [2.05, 4.69) is 69.7 Å². The molecule has 6 nitrogen and oxygen atoms in total. The molecule has 0 bridgehead atoms. The summed E-state index contributed by atoms with van der Waals surface area (Å²) in [5.41, 5.74) is 4.61. The molecule has 3 aromatic rings. The monoisotopic (exact) mass is 490 g/mol. The second-order valence-electron chi connectivity index (χ2n) is 9.51. The van der Waals surface area contributed by atoms with Crippen molar-refractivity contribution in [3.8, 4) is 10.6 Å². The molecule has 0 unspecified atom stereocenters. The number of morpholine rings is 1. The number of amides is 1. The fourth-order valence-corrected chi connectivity index (χ4v) is 5.64. The molecule has 0 atom stereocenters. The highest BCUT2D eigenvalue weighted by Gasteiger charge is 2.21. The molecule has 0 spiro atoms. The first-order valence-electron chi connectivity index (χ1n) is 12.6. The zero-order valence-corrected chi connectivity index (χ0v) is 21.0. The van der Waals surface area contributed by atoms with Crippen molar-refractivity contribution in [3.05, 3.63) is 76.8 Å². The van der Waals surface area contributed by atoms with E-state index >= 15 is 0 Å². The van der Waals surface area contributed by atoms with E-state index in [9.17, 15) is 4.79 Å². The topological polar surface area (TPSA) is 57.7 Å². The minimum atomic E-state index is 0.0734. The van der Waals surface area contributed by atoms with Gasteiger partial charge in [0, 0.05) is 56.3 Å². The molecule has 0 radical (unpaired) electrons. The fraction of sp³-hybridized carbons (Fsp3) is 0.429. The number of hydrogen-bond acceptors (Lipinski definition) is 6. The summed E-state index contributed by atoms with van der Waals surface area (Å²) in [6.45, 7) is 7.60. The summed E-state index contributed by atoms with van der Waals surface area (Å²) in [6.07, 6.45) is 2.34. The fourth-order valence-electron chi connectivity index (χ4n) is 4.81. The van der Waals surface area contributed by atoms with E-state index in [1.807, 2.05) is 5.38 Å². The SMILES string of the molecule is O=C(Cc1csc(-c2ccc(CN3CCOCC3)cc2)n1)NC1CCN(Cc2ccccc2)CC1. The third kappa shape index (κ3) is 6.98. The molecule has 2 aliphatic rings. The molecule has 184 valence electrons. The van der Waals surface area contributed by atoms with Crippen LogP contribution in [0.3, 0.4) is 0 Å². The van der Waals surface area contributed by atoms with Gasteiger partial charge in [0.2, 0.25) is 5.91 Å². The number of piperidine rings is 1. The van der Waals surface area contributed by atoms with Gasteiger partial charge >= 0.3 is 0 Å². The standard InChI is InChI=1S/C28H34N4O2S/c33-27(29-25-10-12-31(13-11-25)19-22-4-2-1-3-5-22)18-26-21-35-28(30-26)24-8-6-23(7-9-24)20-32-14-16-34-17-15-32/h1-9,21,25H,10-20H2,(H,29,33). The molecule has 3 heterocycles. The number of nitrogens with one attached hydrogen (secondary N) is 1. The molecule has 2 aliphatic heterocycles. The minimum Gasteiger partial charge on any atom is -0.379 e. The quantitative estimate of drug-likeness (QED) is 0.518. The summed E-state index contributed by atoms with van der Waals surface area (Å²) in [5.74, 6) is 0.0734.